The third-order valence-electron chi connectivity index (χ3n) is 4.63. The molecule has 17 heavy (non-hydrogen) atoms. The van der Waals surface area contributed by atoms with E-state index in [0.717, 1.165) is 12.8 Å². The zero-order valence-corrected chi connectivity index (χ0v) is 10.6. The molecule has 0 bridgehead atoms. The highest BCUT2D eigenvalue weighted by molar-refractivity contribution is 5.14. The minimum absolute atomic E-state index is 0.00935. The van der Waals surface area contributed by atoms with Gasteiger partial charge in [0, 0.05) is 6.42 Å². The fourth-order valence-corrected chi connectivity index (χ4v) is 3.48. The molecule has 3 saturated heterocycles. The first kappa shape index (κ1) is 11.9. The number of aliphatic hydroxyl groups is 1. The molecule has 4 heteroatoms. The van der Waals surface area contributed by atoms with Crippen molar-refractivity contribution in [2.45, 2.75) is 56.5 Å². The Bertz CT molecular complexity index is 302. The molecule has 0 aliphatic carbocycles. The molecule has 0 aromatic rings. The molecule has 0 aromatic carbocycles. The number of hydrogen-bond donors (Lipinski definition) is 1. The molecule has 1 N–H and O–H groups in total. The van der Waals surface area contributed by atoms with Crippen LogP contribution < -0.4 is 0 Å². The quantitative estimate of drug-likeness (QED) is 0.748. The highest BCUT2D eigenvalue weighted by atomic mass is 16.6. The Balaban J connectivity index is 1.92. The van der Waals surface area contributed by atoms with Crippen LogP contribution >= 0.6 is 0 Å². The van der Waals surface area contributed by atoms with Crippen LogP contribution in [0.15, 0.2) is 0 Å². The van der Waals surface area contributed by atoms with Gasteiger partial charge in [0.05, 0.1) is 32.0 Å². The summed E-state index contributed by atoms with van der Waals surface area (Å²) in [5.41, 5.74) is -1.45. The molecule has 3 rings (SSSR count). The second-order valence-electron chi connectivity index (χ2n) is 6.00. The van der Waals surface area contributed by atoms with Gasteiger partial charge in [0.25, 0.3) is 0 Å². The van der Waals surface area contributed by atoms with E-state index in [2.05, 4.69) is 13.8 Å². The van der Waals surface area contributed by atoms with Crippen LogP contribution in [0.4, 0.5) is 0 Å². The molecule has 3 heterocycles. The topological polar surface area (TPSA) is 47.9 Å². The van der Waals surface area contributed by atoms with Crippen molar-refractivity contribution in [3.05, 3.63) is 0 Å². The molecular weight excluding hydrogens is 220 g/mol. The minimum atomic E-state index is -0.849. The van der Waals surface area contributed by atoms with Crippen molar-refractivity contribution in [1.29, 1.82) is 0 Å². The van der Waals surface area contributed by atoms with Crippen LogP contribution in [0.2, 0.25) is 0 Å². The maximum absolute atomic E-state index is 10.8. The van der Waals surface area contributed by atoms with E-state index in [4.69, 9.17) is 14.2 Å². The molecule has 4 atom stereocenters. The van der Waals surface area contributed by atoms with Crippen LogP contribution in [-0.4, -0.2) is 48.3 Å². The van der Waals surface area contributed by atoms with Crippen molar-refractivity contribution >= 4 is 0 Å². The maximum atomic E-state index is 10.8. The molecule has 3 aliphatic rings. The van der Waals surface area contributed by atoms with E-state index in [9.17, 15) is 5.11 Å². The lowest BCUT2D eigenvalue weighted by Gasteiger charge is -2.38. The van der Waals surface area contributed by atoms with E-state index in [1.165, 1.54) is 0 Å². The molecule has 98 valence electrons. The van der Waals surface area contributed by atoms with Crippen molar-refractivity contribution in [1.82, 2.24) is 0 Å². The Morgan fingerprint density at radius 2 is 2.06 bits per heavy atom. The Labute approximate surface area is 102 Å². The molecule has 0 saturated carbocycles. The SMILES string of the molecule is CC(C)[C@@H]1CC[C@@]2(O)COC[C@]23OCC[C@@H]3O1. The van der Waals surface area contributed by atoms with E-state index in [1.807, 2.05) is 0 Å². The van der Waals surface area contributed by atoms with E-state index in [0.29, 0.717) is 32.2 Å². The second kappa shape index (κ2) is 3.92. The summed E-state index contributed by atoms with van der Waals surface area (Å²) in [4.78, 5) is 0. The van der Waals surface area contributed by atoms with Crippen molar-refractivity contribution in [3.8, 4) is 0 Å². The van der Waals surface area contributed by atoms with Gasteiger partial charge in [0.2, 0.25) is 0 Å². The van der Waals surface area contributed by atoms with Gasteiger partial charge in [0.1, 0.15) is 11.2 Å². The van der Waals surface area contributed by atoms with Crippen LogP contribution in [0.3, 0.4) is 0 Å². The van der Waals surface area contributed by atoms with Crippen LogP contribution in [0.1, 0.15) is 33.1 Å². The predicted octanol–water partition coefficient (Wildman–Crippen LogP) is 1.11. The van der Waals surface area contributed by atoms with Gasteiger partial charge in [-0.2, -0.15) is 0 Å². The second-order valence-corrected chi connectivity index (χ2v) is 6.00. The van der Waals surface area contributed by atoms with E-state index < -0.39 is 11.2 Å². The largest absolute Gasteiger partial charge is 0.384 e. The molecule has 0 amide bonds. The van der Waals surface area contributed by atoms with Crippen molar-refractivity contribution in [3.63, 3.8) is 0 Å². The lowest BCUT2D eigenvalue weighted by molar-refractivity contribution is -0.171. The van der Waals surface area contributed by atoms with E-state index >= 15 is 0 Å². The molecule has 0 unspecified atom stereocenters. The van der Waals surface area contributed by atoms with Gasteiger partial charge in [-0.05, 0) is 18.8 Å². The summed E-state index contributed by atoms with van der Waals surface area (Å²) < 4.78 is 17.6. The normalized spacial score (nSPS) is 50.1. The summed E-state index contributed by atoms with van der Waals surface area (Å²) in [6.45, 7) is 5.88. The van der Waals surface area contributed by atoms with Gasteiger partial charge in [-0.3, -0.25) is 0 Å². The first-order valence-corrected chi connectivity index (χ1v) is 6.67. The molecule has 3 fully saturated rings. The monoisotopic (exact) mass is 242 g/mol. The average Bonchev–Trinajstić information content (AvgIpc) is 2.80. The molecule has 0 radical (unpaired) electrons. The minimum Gasteiger partial charge on any atom is -0.384 e. The third kappa shape index (κ3) is 1.58. The first-order valence-electron chi connectivity index (χ1n) is 6.67. The lowest BCUT2D eigenvalue weighted by atomic mass is 9.79. The summed E-state index contributed by atoms with van der Waals surface area (Å²) >= 11 is 0. The summed E-state index contributed by atoms with van der Waals surface area (Å²) in [5.74, 6) is 0.482. The van der Waals surface area contributed by atoms with Gasteiger partial charge in [-0.25, -0.2) is 0 Å². The van der Waals surface area contributed by atoms with E-state index in [1.54, 1.807) is 0 Å². The van der Waals surface area contributed by atoms with Gasteiger partial charge < -0.3 is 19.3 Å². The van der Waals surface area contributed by atoms with Gasteiger partial charge in [0.15, 0.2) is 0 Å². The Kier molecular flexibility index (Phi) is 2.74. The van der Waals surface area contributed by atoms with Crippen LogP contribution in [0.5, 0.6) is 0 Å². The van der Waals surface area contributed by atoms with Gasteiger partial charge in [-0.1, -0.05) is 13.8 Å². The molecule has 0 aromatic heterocycles. The van der Waals surface area contributed by atoms with Crippen molar-refractivity contribution in [2.24, 2.45) is 5.92 Å². The van der Waals surface area contributed by atoms with Crippen molar-refractivity contribution < 1.29 is 19.3 Å². The zero-order chi connectivity index (χ0) is 12.1. The van der Waals surface area contributed by atoms with Crippen LogP contribution in [0.25, 0.3) is 0 Å². The third-order valence-corrected chi connectivity index (χ3v) is 4.63. The number of rotatable bonds is 1. The van der Waals surface area contributed by atoms with Gasteiger partial charge >= 0.3 is 0 Å². The highest BCUT2D eigenvalue weighted by Gasteiger charge is 2.64. The highest BCUT2D eigenvalue weighted by Crippen LogP contribution is 2.48. The average molecular weight is 242 g/mol. The zero-order valence-electron chi connectivity index (χ0n) is 10.6. The Morgan fingerprint density at radius 3 is 2.82 bits per heavy atom. The van der Waals surface area contributed by atoms with E-state index in [-0.39, 0.29) is 12.2 Å². The summed E-state index contributed by atoms with van der Waals surface area (Å²) in [7, 11) is 0. The Hall–Kier alpha value is -0.160. The maximum Gasteiger partial charge on any atom is 0.148 e. The van der Waals surface area contributed by atoms with Crippen molar-refractivity contribution in [2.75, 3.05) is 19.8 Å². The molecule has 4 nitrogen and oxygen atoms in total. The van der Waals surface area contributed by atoms with Gasteiger partial charge in [-0.15, -0.1) is 0 Å². The predicted molar refractivity (Wildman–Crippen MR) is 61.8 cm³/mol. The summed E-state index contributed by atoms with van der Waals surface area (Å²) in [5, 5.41) is 10.8. The molecule has 3 aliphatic heterocycles. The number of hydrogen-bond acceptors (Lipinski definition) is 4. The lowest BCUT2D eigenvalue weighted by Crippen LogP contribution is -2.58. The van der Waals surface area contributed by atoms with Crippen LogP contribution in [-0.2, 0) is 14.2 Å². The first-order chi connectivity index (χ1) is 8.07. The molecule has 1 spiro atoms. The summed E-state index contributed by atoms with van der Waals surface area (Å²) in [6.07, 6.45) is 2.69. The smallest absolute Gasteiger partial charge is 0.148 e. The number of ether oxygens (including phenoxy) is 3. The fourth-order valence-electron chi connectivity index (χ4n) is 3.48. The van der Waals surface area contributed by atoms with Crippen LogP contribution in [0, 0.1) is 5.92 Å². The fraction of sp³-hybridized carbons (Fsp3) is 1.00. The summed E-state index contributed by atoms with van der Waals surface area (Å²) in [6, 6.07) is 0. The molecular formula is C13H22O4. The standard InChI is InChI=1S/C13H22O4/c1-9(2)10-3-5-12(14)7-15-8-13(12)11(17-10)4-6-16-13/h9-11,14H,3-8H2,1-2H3/t10-,11-,12+,13+/m0/s1. The Morgan fingerprint density at radius 1 is 1.24 bits per heavy atom.